The van der Waals surface area contributed by atoms with Gasteiger partial charge in [0.15, 0.2) is 0 Å². The van der Waals surface area contributed by atoms with Gasteiger partial charge in [0.05, 0.1) is 33.1 Å². The molecule has 0 N–H and O–H groups in total. The van der Waals surface area contributed by atoms with Crippen molar-refractivity contribution in [3.8, 4) is 17.1 Å². The standard InChI is InChI=1S/C62H61N3/c1-59(2,3)40-18-25-53-47(32-40)48-33-41(60(4,5)6)19-26-54(48)64(53)45-23-29-57-51(36-45)52-37-46(24-30-58(52)63(57)44-22-17-38-15-13-14-16-39(38)31-44)65-55-27-20-42(61(7,8)9)34-49(55)50-35-43(62(10,11)12)21-28-56(50)65/h13-37H,1-12H3. The van der Waals surface area contributed by atoms with Crippen molar-refractivity contribution in [2.75, 3.05) is 0 Å². The van der Waals surface area contributed by atoms with Crippen LogP contribution in [0.25, 0.3) is 93.3 Å². The van der Waals surface area contributed by atoms with Gasteiger partial charge in [0.25, 0.3) is 0 Å². The number of hydrogen-bond acceptors (Lipinski definition) is 0. The van der Waals surface area contributed by atoms with E-state index < -0.39 is 0 Å². The van der Waals surface area contributed by atoms with Crippen LogP contribution in [0.2, 0.25) is 0 Å². The molecule has 3 heterocycles. The Morgan fingerprint density at radius 2 is 0.508 bits per heavy atom. The number of benzene rings is 8. The Kier molecular flexibility index (Phi) is 8.84. The lowest BCUT2D eigenvalue weighted by Crippen LogP contribution is -2.10. The molecule has 0 amide bonds. The van der Waals surface area contributed by atoms with Crippen LogP contribution in [-0.4, -0.2) is 13.7 Å². The topological polar surface area (TPSA) is 14.8 Å². The third kappa shape index (κ3) is 6.60. The maximum atomic E-state index is 2.50. The monoisotopic (exact) mass is 847 g/mol. The molecule has 11 aromatic rings. The summed E-state index contributed by atoms with van der Waals surface area (Å²) in [4.78, 5) is 0. The molecule has 3 heteroatoms. The van der Waals surface area contributed by atoms with Crippen LogP contribution < -0.4 is 0 Å². The molecule has 0 fully saturated rings. The zero-order valence-corrected chi connectivity index (χ0v) is 40.3. The van der Waals surface area contributed by atoms with Crippen molar-refractivity contribution < 1.29 is 0 Å². The number of nitrogens with zero attached hydrogens (tertiary/aromatic N) is 3. The Balaban J connectivity index is 1.21. The highest BCUT2D eigenvalue weighted by Crippen LogP contribution is 2.43. The lowest BCUT2D eigenvalue weighted by atomic mass is 9.85. The van der Waals surface area contributed by atoms with E-state index in [-0.39, 0.29) is 21.7 Å². The zero-order chi connectivity index (χ0) is 45.5. The number of aromatic nitrogens is 3. The highest BCUT2D eigenvalue weighted by molar-refractivity contribution is 6.14. The Labute approximate surface area is 383 Å². The average Bonchev–Trinajstić information content (AvgIpc) is 3.89. The van der Waals surface area contributed by atoms with Gasteiger partial charge in [-0.25, -0.2) is 0 Å². The summed E-state index contributed by atoms with van der Waals surface area (Å²) < 4.78 is 7.47. The van der Waals surface area contributed by atoms with Crippen LogP contribution in [0, 0.1) is 0 Å². The van der Waals surface area contributed by atoms with Crippen molar-refractivity contribution >= 4 is 76.2 Å². The predicted molar refractivity (Wildman–Crippen MR) is 282 cm³/mol. The third-order valence-corrected chi connectivity index (χ3v) is 14.2. The van der Waals surface area contributed by atoms with Gasteiger partial charge in [-0.1, -0.05) is 138 Å². The van der Waals surface area contributed by atoms with Crippen molar-refractivity contribution in [1.82, 2.24) is 13.7 Å². The summed E-state index contributed by atoms with van der Waals surface area (Å²) in [6, 6.07) is 58.3. The van der Waals surface area contributed by atoms with Gasteiger partial charge >= 0.3 is 0 Å². The zero-order valence-electron chi connectivity index (χ0n) is 40.3. The van der Waals surface area contributed by atoms with Crippen molar-refractivity contribution in [2.24, 2.45) is 0 Å². The van der Waals surface area contributed by atoms with Gasteiger partial charge in [-0.05, 0) is 152 Å². The second-order valence-electron chi connectivity index (χ2n) is 22.9. The normalized spacial score (nSPS) is 13.2. The first-order valence-electron chi connectivity index (χ1n) is 23.5. The largest absolute Gasteiger partial charge is 0.309 e. The van der Waals surface area contributed by atoms with E-state index in [4.69, 9.17) is 0 Å². The van der Waals surface area contributed by atoms with Crippen LogP contribution in [0.3, 0.4) is 0 Å². The Bertz CT molecular complexity index is 3390. The molecule has 0 aliphatic rings. The molecule has 0 aliphatic carbocycles. The van der Waals surface area contributed by atoms with Crippen molar-refractivity contribution in [3.05, 3.63) is 174 Å². The van der Waals surface area contributed by atoms with E-state index in [0.717, 1.165) is 17.1 Å². The first-order chi connectivity index (χ1) is 30.7. The quantitative estimate of drug-likeness (QED) is 0.168. The van der Waals surface area contributed by atoms with Gasteiger partial charge in [-0.15, -0.1) is 0 Å². The second kappa shape index (κ2) is 14.0. The Hall–Kier alpha value is -6.58. The molecule has 324 valence electrons. The van der Waals surface area contributed by atoms with E-state index >= 15 is 0 Å². The minimum Gasteiger partial charge on any atom is -0.309 e. The second-order valence-corrected chi connectivity index (χ2v) is 22.9. The van der Waals surface area contributed by atoms with Crippen LogP contribution in [0.15, 0.2) is 152 Å². The van der Waals surface area contributed by atoms with Gasteiger partial charge in [-0.3, -0.25) is 0 Å². The van der Waals surface area contributed by atoms with Crippen LogP contribution >= 0.6 is 0 Å². The number of fused-ring (bicyclic) bond motifs is 10. The van der Waals surface area contributed by atoms with Gasteiger partial charge in [0, 0.05) is 49.4 Å². The van der Waals surface area contributed by atoms with E-state index in [2.05, 4.69) is 248 Å². The maximum Gasteiger partial charge on any atom is 0.0542 e. The number of hydrogen-bond donors (Lipinski definition) is 0. The highest BCUT2D eigenvalue weighted by atomic mass is 15.0. The van der Waals surface area contributed by atoms with Crippen LogP contribution in [0.5, 0.6) is 0 Å². The Morgan fingerprint density at radius 3 is 0.831 bits per heavy atom. The lowest BCUT2D eigenvalue weighted by molar-refractivity contribution is 0.590. The molecule has 3 nitrogen and oxygen atoms in total. The van der Waals surface area contributed by atoms with Crippen molar-refractivity contribution in [2.45, 2.75) is 105 Å². The minimum atomic E-state index is 0.0333. The van der Waals surface area contributed by atoms with Gasteiger partial charge in [0.1, 0.15) is 0 Å². The van der Waals surface area contributed by atoms with E-state index in [1.54, 1.807) is 0 Å². The molecule has 11 rings (SSSR count). The van der Waals surface area contributed by atoms with Crippen LogP contribution in [0.1, 0.15) is 105 Å². The molecule has 8 aromatic carbocycles. The fourth-order valence-corrected chi connectivity index (χ4v) is 10.3. The third-order valence-electron chi connectivity index (χ3n) is 14.2. The summed E-state index contributed by atoms with van der Waals surface area (Å²) >= 11 is 0. The smallest absolute Gasteiger partial charge is 0.0542 e. The highest BCUT2D eigenvalue weighted by Gasteiger charge is 2.24. The Morgan fingerprint density at radius 1 is 0.246 bits per heavy atom. The minimum absolute atomic E-state index is 0.0333. The molecule has 0 saturated heterocycles. The SMILES string of the molecule is CC(C)(C)c1ccc2c(c1)c1cc(C(C)(C)C)ccc1n2-c1ccc2c(c1)c1cc(-n3c4ccc(C(C)(C)C)cc4c4cc(C(C)(C)C)ccc43)ccc1n2-c1ccc2ccccc2c1. The molecule has 65 heavy (non-hydrogen) atoms. The fraction of sp³-hybridized carbons (Fsp3) is 0.258. The summed E-state index contributed by atoms with van der Waals surface area (Å²) in [5, 5.41) is 10.1. The summed E-state index contributed by atoms with van der Waals surface area (Å²) in [7, 11) is 0. The molecular weight excluding hydrogens is 787 g/mol. The number of rotatable bonds is 3. The maximum absolute atomic E-state index is 2.50. The first-order valence-corrected chi connectivity index (χ1v) is 23.5. The van der Waals surface area contributed by atoms with Gasteiger partial charge < -0.3 is 13.7 Å². The molecule has 0 saturated carbocycles. The lowest BCUT2D eigenvalue weighted by Gasteiger charge is -2.19. The predicted octanol–water partition coefficient (Wildman–Crippen LogP) is 17.3. The van der Waals surface area contributed by atoms with Crippen molar-refractivity contribution in [3.63, 3.8) is 0 Å². The molecular formula is C62H61N3. The molecule has 0 aliphatic heterocycles. The molecule has 0 spiro atoms. The molecule has 0 radical (unpaired) electrons. The summed E-state index contributed by atoms with van der Waals surface area (Å²) in [6.45, 7) is 27.8. The van der Waals surface area contributed by atoms with Gasteiger partial charge in [0.2, 0.25) is 0 Å². The molecule has 3 aromatic heterocycles. The van der Waals surface area contributed by atoms with Crippen LogP contribution in [0.4, 0.5) is 0 Å². The fourth-order valence-electron chi connectivity index (χ4n) is 10.3. The van der Waals surface area contributed by atoms with E-state index in [0.29, 0.717) is 0 Å². The first kappa shape index (κ1) is 41.1. The van der Waals surface area contributed by atoms with Crippen molar-refractivity contribution in [1.29, 1.82) is 0 Å². The average molecular weight is 848 g/mol. The molecule has 0 atom stereocenters. The molecule has 0 bridgehead atoms. The van der Waals surface area contributed by atoms with E-state index in [9.17, 15) is 0 Å². The summed E-state index contributed by atoms with van der Waals surface area (Å²) in [6.07, 6.45) is 0. The molecule has 0 unspecified atom stereocenters. The van der Waals surface area contributed by atoms with E-state index in [1.165, 1.54) is 98.4 Å². The summed E-state index contributed by atoms with van der Waals surface area (Å²) in [5.41, 5.74) is 16.3. The summed E-state index contributed by atoms with van der Waals surface area (Å²) in [5.74, 6) is 0. The van der Waals surface area contributed by atoms with E-state index in [1.807, 2.05) is 0 Å². The van der Waals surface area contributed by atoms with Gasteiger partial charge in [-0.2, -0.15) is 0 Å². The van der Waals surface area contributed by atoms with Crippen LogP contribution in [-0.2, 0) is 21.7 Å².